The van der Waals surface area contributed by atoms with Crippen molar-refractivity contribution in [2.75, 3.05) is 0 Å². The van der Waals surface area contributed by atoms with Crippen molar-refractivity contribution in [1.29, 1.82) is 0 Å². The molecule has 0 spiro atoms. The van der Waals surface area contributed by atoms with Crippen LogP contribution in [0.15, 0.2) is 54.3 Å². The molecule has 0 aliphatic carbocycles. The van der Waals surface area contributed by atoms with Crippen LogP contribution in [0.2, 0.25) is 5.02 Å². The van der Waals surface area contributed by atoms with Crippen LogP contribution >= 0.6 is 11.6 Å². The van der Waals surface area contributed by atoms with Crippen molar-refractivity contribution in [2.45, 2.75) is 12.7 Å². The van der Waals surface area contributed by atoms with Gasteiger partial charge in [-0.3, -0.25) is 14.5 Å². The van der Waals surface area contributed by atoms with Gasteiger partial charge in [-0.1, -0.05) is 35.9 Å². The van der Waals surface area contributed by atoms with Crippen molar-refractivity contribution < 1.29 is 27.9 Å². The number of halogens is 4. The van der Waals surface area contributed by atoms with Gasteiger partial charge in [-0.05, 0) is 35.4 Å². The fourth-order valence-electron chi connectivity index (χ4n) is 2.61. The average Bonchev–Trinajstić information content (AvgIpc) is 2.79. The molecule has 0 radical (unpaired) electrons. The number of hydrogen-bond acceptors (Lipinski definition) is 3. The van der Waals surface area contributed by atoms with Crippen LogP contribution in [0.25, 0.3) is 5.57 Å². The van der Waals surface area contributed by atoms with Gasteiger partial charge in [0.05, 0.1) is 17.7 Å². The van der Waals surface area contributed by atoms with E-state index in [1.165, 1.54) is 36.4 Å². The van der Waals surface area contributed by atoms with Crippen LogP contribution in [-0.2, 0) is 22.3 Å². The highest BCUT2D eigenvalue weighted by Crippen LogP contribution is 2.32. The Morgan fingerprint density at radius 2 is 1.65 bits per heavy atom. The highest BCUT2D eigenvalue weighted by Gasteiger charge is 2.39. The summed E-state index contributed by atoms with van der Waals surface area (Å²) in [7, 11) is 0. The summed E-state index contributed by atoms with van der Waals surface area (Å²) in [5.41, 5.74) is -0.689. The largest absolute Gasteiger partial charge is 0.502 e. The SMILES string of the molecule is O=C1C(O)=C(c2ccc(Cl)cc2)C(=O)N1Cc1cccc(C(F)(F)F)c1. The van der Waals surface area contributed by atoms with E-state index in [0.29, 0.717) is 9.92 Å². The van der Waals surface area contributed by atoms with Crippen LogP contribution in [0, 0.1) is 0 Å². The Morgan fingerprint density at radius 1 is 1.00 bits per heavy atom. The molecule has 0 saturated carbocycles. The second-order valence-electron chi connectivity index (χ2n) is 5.63. The molecule has 2 aromatic carbocycles. The lowest BCUT2D eigenvalue weighted by Gasteiger charge is -2.16. The predicted octanol–water partition coefficient (Wildman–Crippen LogP) is 4.20. The number of benzene rings is 2. The summed E-state index contributed by atoms with van der Waals surface area (Å²) >= 11 is 5.77. The summed E-state index contributed by atoms with van der Waals surface area (Å²) < 4.78 is 38.4. The number of carbonyl (C=O) groups excluding carboxylic acids is 2. The minimum Gasteiger partial charge on any atom is -0.502 e. The summed E-state index contributed by atoms with van der Waals surface area (Å²) in [6.45, 7) is -0.386. The number of imide groups is 1. The number of amides is 2. The molecule has 2 amide bonds. The normalized spacial score (nSPS) is 15.2. The molecule has 0 bridgehead atoms. The molecule has 0 unspecified atom stereocenters. The highest BCUT2D eigenvalue weighted by molar-refractivity contribution is 6.35. The van der Waals surface area contributed by atoms with E-state index in [0.717, 1.165) is 12.1 Å². The number of nitrogens with zero attached hydrogens (tertiary/aromatic N) is 1. The van der Waals surface area contributed by atoms with Crippen molar-refractivity contribution in [3.05, 3.63) is 76.0 Å². The third-order valence-electron chi connectivity index (χ3n) is 3.87. The molecule has 1 aliphatic rings. The quantitative estimate of drug-likeness (QED) is 0.811. The maximum absolute atomic E-state index is 12.8. The van der Waals surface area contributed by atoms with Crippen LogP contribution in [0.3, 0.4) is 0 Å². The van der Waals surface area contributed by atoms with Crippen LogP contribution in [-0.4, -0.2) is 21.8 Å². The summed E-state index contributed by atoms with van der Waals surface area (Å²) in [6.07, 6.45) is -4.54. The highest BCUT2D eigenvalue weighted by atomic mass is 35.5. The van der Waals surface area contributed by atoms with Gasteiger partial charge in [0, 0.05) is 5.02 Å². The Labute approximate surface area is 151 Å². The molecule has 134 valence electrons. The Morgan fingerprint density at radius 3 is 2.27 bits per heavy atom. The maximum Gasteiger partial charge on any atom is 0.416 e. The van der Waals surface area contributed by atoms with Crippen LogP contribution in [0.4, 0.5) is 13.2 Å². The monoisotopic (exact) mass is 381 g/mol. The molecule has 26 heavy (non-hydrogen) atoms. The van der Waals surface area contributed by atoms with Crippen LogP contribution < -0.4 is 0 Å². The minimum atomic E-state index is -4.54. The molecule has 0 atom stereocenters. The van der Waals surface area contributed by atoms with Crippen molar-refractivity contribution in [1.82, 2.24) is 4.90 Å². The number of hydrogen-bond donors (Lipinski definition) is 1. The van der Waals surface area contributed by atoms with Crippen LogP contribution in [0.1, 0.15) is 16.7 Å². The fraction of sp³-hybridized carbons (Fsp3) is 0.111. The molecule has 1 N–H and O–H groups in total. The minimum absolute atomic E-state index is 0.117. The smallest absolute Gasteiger partial charge is 0.416 e. The Balaban J connectivity index is 1.89. The predicted molar refractivity (Wildman–Crippen MR) is 88.0 cm³/mol. The van der Waals surface area contributed by atoms with E-state index in [2.05, 4.69) is 0 Å². The summed E-state index contributed by atoms with van der Waals surface area (Å²) in [5.74, 6) is -2.49. The molecule has 1 heterocycles. The standard InChI is InChI=1S/C18H11ClF3NO3/c19-13-6-4-11(5-7-13)14-15(24)17(26)23(16(14)25)9-10-2-1-3-12(8-10)18(20,21)22/h1-8,24H,9H2. The first-order valence-corrected chi connectivity index (χ1v) is 7.78. The van der Waals surface area contributed by atoms with Gasteiger partial charge in [0.1, 0.15) is 0 Å². The Bertz CT molecular complexity index is 920. The van der Waals surface area contributed by atoms with Crippen LogP contribution in [0.5, 0.6) is 0 Å². The van der Waals surface area contributed by atoms with Crippen molar-refractivity contribution in [2.24, 2.45) is 0 Å². The van der Waals surface area contributed by atoms with Gasteiger partial charge in [0.2, 0.25) is 0 Å². The first-order valence-electron chi connectivity index (χ1n) is 7.40. The zero-order valence-electron chi connectivity index (χ0n) is 13.0. The molecule has 3 rings (SSSR count). The second kappa shape index (κ2) is 6.49. The lowest BCUT2D eigenvalue weighted by molar-refractivity contribution is -0.138. The summed E-state index contributed by atoms with van der Waals surface area (Å²) in [6, 6.07) is 10.2. The third-order valence-corrected chi connectivity index (χ3v) is 4.12. The van der Waals surface area contributed by atoms with E-state index in [9.17, 15) is 27.9 Å². The number of aliphatic hydroxyl groups excluding tert-OH is 1. The topological polar surface area (TPSA) is 57.6 Å². The van der Waals surface area contributed by atoms with Gasteiger partial charge >= 0.3 is 6.18 Å². The molecule has 4 nitrogen and oxygen atoms in total. The average molecular weight is 382 g/mol. The maximum atomic E-state index is 12.8. The first kappa shape index (κ1) is 18.0. The molecule has 8 heteroatoms. The Hall–Kier alpha value is -2.80. The van der Waals surface area contributed by atoms with Gasteiger partial charge in [-0.2, -0.15) is 13.2 Å². The lowest BCUT2D eigenvalue weighted by atomic mass is 10.1. The molecule has 2 aromatic rings. The molecule has 0 fully saturated rings. The first-order chi connectivity index (χ1) is 12.2. The van der Waals surface area contributed by atoms with Gasteiger partial charge in [0.25, 0.3) is 11.8 Å². The Kier molecular flexibility index (Phi) is 4.50. The van der Waals surface area contributed by atoms with E-state index in [1.807, 2.05) is 0 Å². The molecular weight excluding hydrogens is 371 g/mol. The lowest BCUT2D eigenvalue weighted by Crippen LogP contribution is -2.31. The van der Waals surface area contributed by atoms with Crippen molar-refractivity contribution in [3.8, 4) is 0 Å². The molecular formula is C18H11ClF3NO3. The van der Waals surface area contributed by atoms with Gasteiger partial charge in [0.15, 0.2) is 5.76 Å². The van der Waals surface area contributed by atoms with Gasteiger partial charge in [-0.15, -0.1) is 0 Å². The second-order valence-corrected chi connectivity index (χ2v) is 6.06. The van der Waals surface area contributed by atoms with Gasteiger partial charge < -0.3 is 5.11 Å². The number of alkyl halides is 3. The molecule has 1 aliphatic heterocycles. The van der Waals surface area contributed by atoms with Crippen molar-refractivity contribution >= 4 is 29.0 Å². The summed E-state index contributed by atoms with van der Waals surface area (Å²) in [5, 5.41) is 10.4. The number of rotatable bonds is 3. The van der Waals surface area contributed by atoms with E-state index in [1.54, 1.807) is 0 Å². The van der Waals surface area contributed by atoms with E-state index < -0.39 is 29.3 Å². The fourth-order valence-corrected chi connectivity index (χ4v) is 2.74. The summed E-state index contributed by atoms with van der Waals surface area (Å²) in [4.78, 5) is 25.4. The molecule has 0 saturated heterocycles. The number of aliphatic hydroxyl groups is 1. The van der Waals surface area contributed by atoms with Crippen molar-refractivity contribution in [3.63, 3.8) is 0 Å². The third kappa shape index (κ3) is 3.30. The van der Waals surface area contributed by atoms with Gasteiger partial charge in [-0.25, -0.2) is 0 Å². The molecule has 0 aromatic heterocycles. The zero-order valence-corrected chi connectivity index (χ0v) is 13.8. The van der Waals surface area contributed by atoms with E-state index in [-0.39, 0.29) is 23.2 Å². The van der Waals surface area contributed by atoms with E-state index >= 15 is 0 Å². The zero-order chi connectivity index (χ0) is 19.1. The number of carbonyl (C=O) groups is 2. The van der Waals surface area contributed by atoms with E-state index in [4.69, 9.17) is 11.6 Å².